The molecule has 142 valence electrons. The average molecular weight is 367 g/mol. The topological polar surface area (TPSA) is 84.7 Å². The molecule has 3 amide bonds. The van der Waals surface area contributed by atoms with Crippen molar-refractivity contribution in [3.05, 3.63) is 60.2 Å². The molecule has 1 heterocycles. The summed E-state index contributed by atoms with van der Waals surface area (Å²) in [6.45, 7) is 1.10. The maximum Gasteiger partial charge on any atom is 0.322 e. The number of nitrogens with one attached hydrogen (secondary N) is 1. The lowest BCUT2D eigenvalue weighted by molar-refractivity contribution is -0.119. The van der Waals surface area contributed by atoms with E-state index in [2.05, 4.69) is 5.32 Å². The third kappa shape index (κ3) is 5.48. The highest BCUT2D eigenvalue weighted by molar-refractivity contribution is 5.90. The molecule has 2 aromatic carbocycles. The molecule has 3 rings (SSSR count). The fourth-order valence-corrected chi connectivity index (χ4v) is 3.31. The number of hydrogen-bond acceptors (Lipinski definition) is 3. The lowest BCUT2D eigenvalue weighted by Crippen LogP contribution is -2.47. The van der Waals surface area contributed by atoms with Crippen molar-refractivity contribution in [1.82, 2.24) is 4.90 Å². The molecule has 3 N–H and O–H groups in total. The van der Waals surface area contributed by atoms with Gasteiger partial charge >= 0.3 is 6.03 Å². The van der Waals surface area contributed by atoms with Crippen LogP contribution in [0.5, 0.6) is 5.75 Å². The summed E-state index contributed by atoms with van der Waals surface area (Å²) in [6, 6.07) is 16.9. The van der Waals surface area contributed by atoms with E-state index < -0.39 is 0 Å². The van der Waals surface area contributed by atoms with Gasteiger partial charge in [0.05, 0.1) is 0 Å². The predicted molar refractivity (Wildman–Crippen MR) is 104 cm³/mol. The number of amides is 3. The number of benzene rings is 2. The van der Waals surface area contributed by atoms with Gasteiger partial charge in [-0.25, -0.2) is 4.79 Å². The number of ether oxygens (including phenoxy) is 1. The number of carbonyl (C=O) groups excluding carboxylic acids is 2. The van der Waals surface area contributed by atoms with Crippen LogP contribution in [0.4, 0.5) is 10.5 Å². The molecule has 1 atom stereocenters. The lowest BCUT2D eigenvalue weighted by Gasteiger charge is -2.35. The summed E-state index contributed by atoms with van der Waals surface area (Å²) < 4.78 is 5.81. The first-order chi connectivity index (χ1) is 13.1. The minimum absolute atomic E-state index is 0.131. The number of carbonyl (C=O) groups is 2. The van der Waals surface area contributed by atoms with Crippen LogP contribution < -0.4 is 15.8 Å². The standard InChI is InChI=1S/C21H25N3O3/c22-20(25)14-18-10-4-5-12-24(18)21(26)23-17-9-6-11-19(13-17)27-15-16-7-2-1-3-8-16/h1-3,6-9,11,13,18H,4-5,10,12,14-15H2,(H2,22,25)(H,23,26). The molecular formula is C21H25N3O3. The van der Waals surface area contributed by atoms with Gasteiger partial charge in [0, 0.05) is 30.8 Å². The number of urea groups is 1. The van der Waals surface area contributed by atoms with E-state index in [1.54, 1.807) is 11.0 Å². The highest BCUT2D eigenvalue weighted by atomic mass is 16.5. The number of nitrogens with zero attached hydrogens (tertiary/aromatic N) is 1. The lowest BCUT2D eigenvalue weighted by atomic mass is 9.99. The molecule has 1 aliphatic rings. The van der Waals surface area contributed by atoms with E-state index >= 15 is 0 Å². The van der Waals surface area contributed by atoms with Gasteiger partial charge in [-0.3, -0.25) is 4.79 Å². The van der Waals surface area contributed by atoms with Gasteiger partial charge in [0.25, 0.3) is 0 Å². The van der Waals surface area contributed by atoms with Crippen molar-refractivity contribution in [2.45, 2.75) is 38.3 Å². The molecule has 27 heavy (non-hydrogen) atoms. The van der Waals surface area contributed by atoms with Crippen LogP contribution in [0.25, 0.3) is 0 Å². The minimum atomic E-state index is -0.379. The molecule has 6 nitrogen and oxygen atoms in total. The first-order valence-electron chi connectivity index (χ1n) is 9.24. The third-order valence-corrected chi connectivity index (χ3v) is 4.66. The normalized spacial score (nSPS) is 16.6. The fraction of sp³-hybridized carbons (Fsp3) is 0.333. The van der Waals surface area contributed by atoms with Crippen LogP contribution in [0.2, 0.25) is 0 Å². The van der Waals surface area contributed by atoms with Gasteiger partial charge in [-0.2, -0.15) is 0 Å². The van der Waals surface area contributed by atoms with E-state index in [-0.39, 0.29) is 24.4 Å². The quantitative estimate of drug-likeness (QED) is 0.819. The Morgan fingerprint density at radius 2 is 1.93 bits per heavy atom. The smallest absolute Gasteiger partial charge is 0.322 e. The van der Waals surface area contributed by atoms with Crippen LogP contribution in [0.1, 0.15) is 31.2 Å². The average Bonchev–Trinajstić information content (AvgIpc) is 2.67. The van der Waals surface area contributed by atoms with Crippen molar-refractivity contribution in [2.75, 3.05) is 11.9 Å². The fourth-order valence-electron chi connectivity index (χ4n) is 3.31. The van der Waals surface area contributed by atoms with Crippen LogP contribution in [0, 0.1) is 0 Å². The Morgan fingerprint density at radius 1 is 1.11 bits per heavy atom. The minimum Gasteiger partial charge on any atom is -0.489 e. The largest absolute Gasteiger partial charge is 0.489 e. The molecule has 0 spiro atoms. The molecule has 6 heteroatoms. The molecule has 1 unspecified atom stereocenters. The predicted octanol–water partition coefficient (Wildman–Crippen LogP) is 3.53. The van der Waals surface area contributed by atoms with E-state index in [1.807, 2.05) is 48.5 Å². The van der Waals surface area contributed by atoms with Gasteiger partial charge in [0.15, 0.2) is 0 Å². The Hall–Kier alpha value is -3.02. The Labute approximate surface area is 159 Å². The van der Waals surface area contributed by atoms with E-state index in [0.717, 1.165) is 24.8 Å². The molecule has 0 saturated carbocycles. The summed E-state index contributed by atoms with van der Waals surface area (Å²) >= 11 is 0. The van der Waals surface area contributed by atoms with E-state index in [9.17, 15) is 9.59 Å². The third-order valence-electron chi connectivity index (χ3n) is 4.66. The zero-order valence-corrected chi connectivity index (χ0v) is 15.3. The highest BCUT2D eigenvalue weighted by Gasteiger charge is 2.27. The number of rotatable bonds is 6. The maximum atomic E-state index is 12.7. The Balaban J connectivity index is 1.61. The SMILES string of the molecule is NC(=O)CC1CCCCN1C(=O)Nc1cccc(OCc2ccccc2)c1. The Kier molecular flexibility index (Phi) is 6.30. The van der Waals surface area contributed by atoms with Crippen molar-refractivity contribution < 1.29 is 14.3 Å². The molecular weight excluding hydrogens is 342 g/mol. The molecule has 0 aliphatic carbocycles. The van der Waals surface area contributed by atoms with E-state index in [4.69, 9.17) is 10.5 Å². The van der Waals surface area contributed by atoms with Crippen molar-refractivity contribution in [2.24, 2.45) is 5.73 Å². The molecule has 2 aromatic rings. The highest BCUT2D eigenvalue weighted by Crippen LogP contribution is 2.23. The van der Waals surface area contributed by atoms with Gasteiger partial charge in [0.1, 0.15) is 12.4 Å². The van der Waals surface area contributed by atoms with Gasteiger partial charge in [-0.05, 0) is 37.0 Å². The monoisotopic (exact) mass is 367 g/mol. The van der Waals surface area contributed by atoms with Gasteiger partial charge < -0.3 is 20.7 Å². The molecule has 0 radical (unpaired) electrons. The van der Waals surface area contributed by atoms with Crippen molar-refractivity contribution >= 4 is 17.6 Å². The first kappa shape index (κ1) is 18.8. The molecule has 1 fully saturated rings. The second-order valence-corrected chi connectivity index (χ2v) is 6.75. The molecule has 1 saturated heterocycles. The summed E-state index contributed by atoms with van der Waals surface area (Å²) in [5.41, 5.74) is 7.06. The second kappa shape index (κ2) is 9.07. The second-order valence-electron chi connectivity index (χ2n) is 6.75. The number of primary amides is 1. The van der Waals surface area contributed by atoms with Crippen LogP contribution in [0.15, 0.2) is 54.6 Å². The zero-order chi connectivity index (χ0) is 19.1. The summed E-state index contributed by atoms with van der Waals surface area (Å²) in [7, 11) is 0. The summed E-state index contributed by atoms with van der Waals surface area (Å²) in [4.78, 5) is 25.7. The molecule has 1 aliphatic heterocycles. The van der Waals surface area contributed by atoms with Gasteiger partial charge in [-0.1, -0.05) is 36.4 Å². The van der Waals surface area contributed by atoms with Crippen LogP contribution >= 0.6 is 0 Å². The number of hydrogen-bond donors (Lipinski definition) is 2. The number of likely N-dealkylation sites (tertiary alicyclic amines) is 1. The number of piperidine rings is 1. The van der Waals surface area contributed by atoms with E-state index in [1.165, 1.54) is 0 Å². The van der Waals surface area contributed by atoms with Crippen LogP contribution in [-0.4, -0.2) is 29.4 Å². The Morgan fingerprint density at radius 3 is 2.70 bits per heavy atom. The van der Waals surface area contributed by atoms with Crippen molar-refractivity contribution in [3.63, 3.8) is 0 Å². The molecule has 0 bridgehead atoms. The van der Waals surface area contributed by atoms with Crippen molar-refractivity contribution in [1.29, 1.82) is 0 Å². The van der Waals surface area contributed by atoms with E-state index in [0.29, 0.717) is 24.6 Å². The summed E-state index contributed by atoms with van der Waals surface area (Å²) in [5, 5.41) is 2.91. The number of nitrogens with two attached hydrogens (primary N) is 1. The van der Waals surface area contributed by atoms with Crippen molar-refractivity contribution in [3.8, 4) is 5.75 Å². The van der Waals surface area contributed by atoms with Gasteiger partial charge in [-0.15, -0.1) is 0 Å². The number of anilines is 1. The maximum absolute atomic E-state index is 12.7. The van der Waals surface area contributed by atoms with Crippen LogP contribution in [-0.2, 0) is 11.4 Å². The summed E-state index contributed by atoms with van der Waals surface area (Å²) in [5.74, 6) is 0.306. The zero-order valence-electron chi connectivity index (χ0n) is 15.3. The van der Waals surface area contributed by atoms with Gasteiger partial charge in [0.2, 0.25) is 5.91 Å². The first-order valence-corrected chi connectivity index (χ1v) is 9.24. The summed E-state index contributed by atoms with van der Waals surface area (Å²) in [6.07, 6.45) is 2.94. The Bertz CT molecular complexity index is 779. The molecule has 0 aromatic heterocycles. The van der Waals surface area contributed by atoms with Crippen LogP contribution in [0.3, 0.4) is 0 Å².